The zero-order valence-corrected chi connectivity index (χ0v) is 19.0. The molecule has 0 nitrogen and oxygen atoms in total. The smallest absolute Gasteiger partial charge is 1.00 e. The summed E-state index contributed by atoms with van der Waals surface area (Å²) in [5, 5.41) is 5.39. The second kappa shape index (κ2) is 14.7. The second-order valence-corrected chi connectivity index (χ2v) is 6.01. The molecule has 1 radical (unpaired) electrons. The van der Waals surface area contributed by atoms with Crippen molar-refractivity contribution >= 4 is 31.1 Å². The summed E-state index contributed by atoms with van der Waals surface area (Å²) in [5.74, 6) is 0. The Hall–Kier alpha value is -0.660. The molecule has 0 aliphatic carbocycles. The number of rotatable bonds is 0. The van der Waals surface area contributed by atoms with Crippen molar-refractivity contribution < 1.29 is 51.0 Å². The Morgan fingerprint density at radius 2 is 1.04 bits per heavy atom. The van der Waals surface area contributed by atoms with Crippen molar-refractivity contribution in [2.45, 2.75) is 13.1 Å². The minimum absolute atomic E-state index is 0. The number of hydrogen-bond donors (Lipinski definition) is 0. The molecule has 0 aliphatic rings. The predicted octanol–water partition coefficient (Wildman–Crippen LogP) is -0.358. The van der Waals surface area contributed by atoms with Crippen molar-refractivity contribution in [3.8, 4) is 0 Å². The van der Waals surface area contributed by atoms with Crippen LogP contribution >= 0.6 is 0 Å². The van der Waals surface area contributed by atoms with Gasteiger partial charge >= 0.3 is 26.2 Å². The van der Waals surface area contributed by atoms with E-state index in [1.807, 2.05) is 30.3 Å². The average Bonchev–Trinajstić information content (AvgIpc) is 3.19. The third-order valence-electron chi connectivity index (χ3n) is 3.08. The molecule has 0 saturated heterocycles. The summed E-state index contributed by atoms with van der Waals surface area (Å²) in [7, 11) is 0.750. The fraction of sp³-hybridized carbons (Fsp3) is 0.100. The van der Waals surface area contributed by atoms with Crippen LogP contribution in [0.25, 0.3) is 21.5 Å². The Balaban J connectivity index is 0. The molecule has 4 aromatic rings. The maximum absolute atomic E-state index is 2.24. The van der Waals surface area contributed by atoms with Gasteiger partial charge < -0.3 is 24.8 Å². The third-order valence-corrected chi connectivity index (χ3v) is 3.08. The Morgan fingerprint density at radius 3 is 1.38 bits per heavy atom. The van der Waals surface area contributed by atoms with Crippen LogP contribution in [0, 0.1) is 0 Å². The van der Waals surface area contributed by atoms with Crippen molar-refractivity contribution in [2.75, 3.05) is 0 Å². The molecule has 0 N–H and O–H groups in total. The van der Waals surface area contributed by atoms with E-state index in [0.717, 1.165) is 9.52 Å². The van der Waals surface area contributed by atoms with Crippen molar-refractivity contribution in [2.24, 2.45) is 0 Å². The van der Waals surface area contributed by atoms with E-state index in [1.165, 1.54) is 21.5 Å². The Kier molecular flexibility index (Phi) is 15.6. The van der Waals surface area contributed by atoms with Crippen LogP contribution < -0.4 is 24.8 Å². The van der Waals surface area contributed by atoms with Gasteiger partial charge in [0, 0.05) is 9.52 Å². The number of hydrogen-bond acceptors (Lipinski definition) is 0. The molecule has 4 aromatic carbocycles. The van der Waals surface area contributed by atoms with Gasteiger partial charge in [-0.1, -0.05) is 49.5 Å². The zero-order chi connectivity index (χ0) is 14.9. The first kappa shape index (κ1) is 25.6. The van der Waals surface area contributed by atoms with Crippen LogP contribution in [0.1, 0.15) is 0 Å². The second-order valence-electron chi connectivity index (χ2n) is 4.86. The largest absolute Gasteiger partial charge is 4.00 e. The summed E-state index contributed by atoms with van der Waals surface area (Å²) in [6.45, 7) is 4.42. The van der Waals surface area contributed by atoms with Crippen LogP contribution in [0.5, 0.6) is 0 Å². The van der Waals surface area contributed by atoms with Gasteiger partial charge in [-0.15, -0.1) is 39.7 Å². The summed E-state index contributed by atoms with van der Waals surface area (Å²) in [5.41, 5.74) is 0. The van der Waals surface area contributed by atoms with Crippen LogP contribution in [0.2, 0.25) is 13.1 Å². The van der Waals surface area contributed by atoms with E-state index in [4.69, 9.17) is 0 Å². The minimum Gasteiger partial charge on any atom is -1.00 e. The fourth-order valence-corrected chi connectivity index (χ4v) is 2.22. The van der Waals surface area contributed by atoms with E-state index in [1.54, 1.807) is 0 Å². The predicted molar refractivity (Wildman–Crippen MR) is 98.0 cm³/mol. The van der Waals surface area contributed by atoms with Gasteiger partial charge in [0.25, 0.3) is 0 Å². The van der Waals surface area contributed by atoms with Crippen molar-refractivity contribution in [1.29, 1.82) is 0 Å². The fourth-order valence-electron chi connectivity index (χ4n) is 2.22. The molecule has 24 heavy (non-hydrogen) atoms. The van der Waals surface area contributed by atoms with Gasteiger partial charge in [-0.25, -0.2) is 12.1 Å². The van der Waals surface area contributed by atoms with E-state index in [-0.39, 0.29) is 51.0 Å². The van der Waals surface area contributed by atoms with Crippen molar-refractivity contribution in [3.05, 3.63) is 84.9 Å². The van der Waals surface area contributed by atoms with E-state index in [0.29, 0.717) is 0 Å². The molecular formula is C20H21Cl2SiZr. The number of halogens is 2. The van der Waals surface area contributed by atoms with Crippen LogP contribution in [-0.4, -0.2) is 9.52 Å². The molecule has 0 amide bonds. The molecule has 4 heteroatoms. The van der Waals surface area contributed by atoms with Gasteiger partial charge in [-0.05, 0) is 0 Å². The van der Waals surface area contributed by atoms with Gasteiger partial charge in [-0.2, -0.15) is 18.2 Å². The molecule has 0 aromatic heterocycles. The van der Waals surface area contributed by atoms with E-state index >= 15 is 0 Å². The van der Waals surface area contributed by atoms with E-state index in [9.17, 15) is 0 Å². The van der Waals surface area contributed by atoms with E-state index in [2.05, 4.69) is 67.7 Å². The molecule has 0 heterocycles. The molecule has 0 atom stereocenters. The first-order valence-corrected chi connectivity index (χ1v) is 9.61. The van der Waals surface area contributed by atoms with Gasteiger partial charge in [0.15, 0.2) is 0 Å². The average molecular weight is 452 g/mol. The Labute approximate surface area is 179 Å². The van der Waals surface area contributed by atoms with Crippen LogP contribution in [0.4, 0.5) is 0 Å². The van der Waals surface area contributed by atoms with Crippen molar-refractivity contribution in [1.82, 2.24) is 0 Å². The molecule has 123 valence electrons. The first-order chi connectivity index (χ1) is 10.4. The molecule has 0 spiro atoms. The van der Waals surface area contributed by atoms with Crippen LogP contribution in [0.3, 0.4) is 0 Å². The zero-order valence-electron chi connectivity index (χ0n) is 13.9. The molecule has 0 bridgehead atoms. The first-order valence-electron chi connectivity index (χ1n) is 7.30. The molecule has 0 fully saturated rings. The van der Waals surface area contributed by atoms with Crippen LogP contribution in [0.15, 0.2) is 84.9 Å². The summed E-state index contributed by atoms with van der Waals surface area (Å²) in [4.78, 5) is 0. The maximum atomic E-state index is 2.24. The molecule has 0 saturated carbocycles. The van der Waals surface area contributed by atoms with Gasteiger partial charge in [0.1, 0.15) is 0 Å². The Morgan fingerprint density at radius 1 is 0.667 bits per heavy atom. The van der Waals surface area contributed by atoms with Crippen molar-refractivity contribution in [3.63, 3.8) is 0 Å². The number of benzene rings is 2. The molecule has 4 rings (SSSR count). The normalized spacial score (nSPS) is 8.42. The topological polar surface area (TPSA) is 0 Å². The monoisotopic (exact) mass is 449 g/mol. The molecular weight excluding hydrogens is 430 g/mol. The summed E-state index contributed by atoms with van der Waals surface area (Å²) < 4.78 is 0. The maximum Gasteiger partial charge on any atom is 4.00 e. The summed E-state index contributed by atoms with van der Waals surface area (Å²) in [6.07, 6.45) is 0. The van der Waals surface area contributed by atoms with Gasteiger partial charge in [-0.3, -0.25) is 0 Å². The molecule has 0 unspecified atom stereocenters. The summed E-state index contributed by atoms with van der Waals surface area (Å²) in [6, 6.07) is 29.3. The Bertz CT molecular complexity index is 696. The summed E-state index contributed by atoms with van der Waals surface area (Å²) >= 11 is 0. The van der Waals surface area contributed by atoms with Gasteiger partial charge in [0.05, 0.1) is 0 Å². The minimum atomic E-state index is 0. The van der Waals surface area contributed by atoms with Gasteiger partial charge in [0.2, 0.25) is 0 Å². The van der Waals surface area contributed by atoms with E-state index < -0.39 is 0 Å². The standard InChI is InChI=1S/C13H9.C5H5.C2H7Si.2ClH.Zr/c1-3-7-12-10(5-1)9-11-6-2-4-8-13(11)12;1-2-4-5-3-1;1-3-2;;;/h1-9H;1-5H;3H,1-2H3;2*1H;/q2*-1;;;;+4/p-2. The molecule has 0 aliphatic heterocycles. The third kappa shape index (κ3) is 7.49. The SMILES string of the molecule is C[SiH]C.[Cl-].[Cl-].[Zr+4].c1cc[cH-]c1.c1ccc2c(c1)[cH-]c1ccccc12. The van der Waals surface area contributed by atoms with Crippen LogP contribution in [-0.2, 0) is 26.2 Å². The number of fused-ring (bicyclic) bond motifs is 3. The quantitative estimate of drug-likeness (QED) is 0.253.